The summed E-state index contributed by atoms with van der Waals surface area (Å²) in [6.07, 6.45) is 0. The van der Waals surface area contributed by atoms with Crippen LogP contribution in [0, 0.1) is 0 Å². The van der Waals surface area contributed by atoms with Crippen molar-refractivity contribution in [1.82, 2.24) is 15.0 Å². The Bertz CT molecular complexity index is 899. The summed E-state index contributed by atoms with van der Waals surface area (Å²) in [7, 11) is 1.79. The Labute approximate surface area is 132 Å². The molecule has 1 aromatic heterocycles. The van der Waals surface area contributed by atoms with E-state index >= 15 is 0 Å². The summed E-state index contributed by atoms with van der Waals surface area (Å²) in [5.74, 6) is -0.461. The number of fused-ring (bicyclic) bond motifs is 1. The SMILES string of the molecule is CC(=O)c1cccc(COC(=O)c2ccc3c(c2)nnn3C)c1. The third-order valence-corrected chi connectivity index (χ3v) is 3.55. The van der Waals surface area contributed by atoms with Crippen molar-refractivity contribution in [2.45, 2.75) is 13.5 Å². The number of ketones is 1. The fraction of sp³-hybridized carbons (Fsp3) is 0.176. The maximum atomic E-state index is 12.1. The van der Waals surface area contributed by atoms with Gasteiger partial charge in [-0.3, -0.25) is 4.79 Å². The molecule has 116 valence electrons. The number of carbonyl (C=O) groups is 2. The zero-order chi connectivity index (χ0) is 16.4. The van der Waals surface area contributed by atoms with Crippen molar-refractivity contribution in [3.63, 3.8) is 0 Å². The Morgan fingerprint density at radius 2 is 1.96 bits per heavy atom. The molecule has 0 atom stereocenters. The highest BCUT2D eigenvalue weighted by Gasteiger charge is 2.11. The number of esters is 1. The van der Waals surface area contributed by atoms with Crippen LogP contribution >= 0.6 is 0 Å². The molecule has 1 heterocycles. The smallest absolute Gasteiger partial charge is 0.338 e. The Hall–Kier alpha value is -3.02. The molecular weight excluding hydrogens is 294 g/mol. The lowest BCUT2D eigenvalue weighted by molar-refractivity contribution is 0.0473. The van der Waals surface area contributed by atoms with Crippen LogP contribution in [0.1, 0.15) is 33.2 Å². The predicted octanol–water partition coefficient (Wildman–Crippen LogP) is 2.53. The number of aryl methyl sites for hydroxylation is 1. The second kappa shape index (κ2) is 6.00. The van der Waals surface area contributed by atoms with Crippen LogP contribution in [0.2, 0.25) is 0 Å². The first kappa shape index (κ1) is 14.9. The molecule has 6 heteroatoms. The number of Topliss-reactive ketones (excluding diaryl/α,β-unsaturated/α-hetero) is 1. The van der Waals surface area contributed by atoms with Gasteiger partial charge in [-0.2, -0.15) is 0 Å². The molecule has 0 radical (unpaired) electrons. The average molecular weight is 309 g/mol. The number of hydrogen-bond donors (Lipinski definition) is 0. The van der Waals surface area contributed by atoms with Crippen molar-refractivity contribution in [2.24, 2.45) is 7.05 Å². The Kier molecular flexibility index (Phi) is 3.89. The van der Waals surface area contributed by atoms with Gasteiger partial charge in [-0.25, -0.2) is 9.48 Å². The van der Waals surface area contributed by atoms with E-state index in [1.165, 1.54) is 6.92 Å². The molecule has 0 N–H and O–H groups in total. The zero-order valence-corrected chi connectivity index (χ0v) is 12.8. The van der Waals surface area contributed by atoms with E-state index in [9.17, 15) is 9.59 Å². The van der Waals surface area contributed by atoms with Crippen molar-refractivity contribution in [1.29, 1.82) is 0 Å². The summed E-state index contributed by atoms with van der Waals surface area (Å²) in [6.45, 7) is 1.61. The second-order valence-electron chi connectivity index (χ2n) is 5.25. The molecular formula is C17H15N3O3. The van der Waals surface area contributed by atoms with Gasteiger partial charge in [-0.05, 0) is 36.8 Å². The Morgan fingerprint density at radius 1 is 1.13 bits per heavy atom. The minimum atomic E-state index is -0.439. The van der Waals surface area contributed by atoms with Crippen LogP contribution < -0.4 is 0 Å². The second-order valence-corrected chi connectivity index (χ2v) is 5.25. The van der Waals surface area contributed by atoms with Crippen molar-refractivity contribution < 1.29 is 14.3 Å². The summed E-state index contributed by atoms with van der Waals surface area (Å²) in [5.41, 5.74) is 3.27. The molecule has 0 aliphatic heterocycles. The minimum absolute atomic E-state index is 0.0220. The minimum Gasteiger partial charge on any atom is -0.457 e. The molecule has 23 heavy (non-hydrogen) atoms. The predicted molar refractivity (Wildman–Crippen MR) is 84.1 cm³/mol. The monoisotopic (exact) mass is 309 g/mol. The molecule has 0 fully saturated rings. The number of nitrogens with zero attached hydrogens (tertiary/aromatic N) is 3. The first-order chi connectivity index (χ1) is 11.0. The van der Waals surface area contributed by atoms with Crippen LogP contribution in [0.15, 0.2) is 42.5 Å². The third-order valence-electron chi connectivity index (χ3n) is 3.55. The van der Waals surface area contributed by atoms with Gasteiger partial charge in [0.25, 0.3) is 0 Å². The van der Waals surface area contributed by atoms with Crippen LogP contribution in [-0.4, -0.2) is 26.7 Å². The van der Waals surface area contributed by atoms with Crippen LogP contribution in [0.3, 0.4) is 0 Å². The van der Waals surface area contributed by atoms with Gasteiger partial charge < -0.3 is 4.74 Å². The van der Waals surface area contributed by atoms with Crippen LogP contribution in [-0.2, 0) is 18.4 Å². The molecule has 6 nitrogen and oxygen atoms in total. The van der Waals surface area contributed by atoms with E-state index in [0.29, 0.717) is 16.6 Å². The lowest BCUT2D eigenvalue weighted by Crippen LogP contribution is -2.06. The van der Waals surface area contributed by atoms with Gasteiger partial charge in [0, 0.05) is 12.6 Å². The van der Waals surface area contributed by atoms with E-state index in [4.69, 9.17) is 4.74 Å². The van der Waals surface area contributed by atoms with Gasteiger partial charge in [0.15, 0.2) is 5.78 Å². The van der Waals surface area contributed by atoms with Gasteiger partial charge in [-0.15, -0.1) is 5.10 Å². The summed E-state index contributed by atoms with van der Waals surface area (Å²) in [6, 6.07) is 12.1. The van der Waals surface area contributed by atoms with Gasteiger partial charge >= 0.3 is 5.97 Å². The maximum absolute atomic E-state index is 12.1. The molecule has 0 spiro atoms. The van der Waals surface area contributed by atoms with Crippen LogP contribution in [0.4, 0.5) is 0 Å². The third kappa shape index (κ3) is 3.11. The quantitative estimate of drug-likeness (QED) is 0.547. The average Bonchev–Trinajstić information content (AvgIpc) is 2.93. The zero-order valence-electron chi connectivity index (χ0n) is 12.8. The fourth-order valence-electron chi connectivity index (χ4n) is 2.28. The van der Waals surface area contributed by atoms with Crippen molar-refractivity contribution >= 4 is 22.8 Å². The summed E-state index contributed by atoms with van der Waals surface area (Å²) >= 11 is 0. The molecule has 0 aliphatic rings. The number of rotatable bonds is 4. The van der Waals surface area contributed by atoms with E-state index in [2.05, 4.69) is 10.3 Å². The summed E-state index contributed by atoms with van der Waals surface area (Å²) < 4.78 is 6.94. The number of aromatic nitrogens is 3. The lowest BCUT2D eigenvalue weighted by atomic mass is 10.1. The highest BCUT2D eigenvalue weighted by Crippen LogP contribution is 2.14. The number of benzene rings is 2. The van der Waals surface area contributed by atoms with Crippen molar-refractivity contribution in [3.05, 3.63) is 59.2 Å². The normalized spacial score (nSPS) is 10.7. The highest BCUT2D eigenvalue weighted by molar-refractivity contribution is 5.94. The maximum Gasteiger partial charge on any atom is 0.338 e. The van der Waals surface area contributed by atoms with Crippen molar-refractivity contribution in [2.75, 3.05) is 0 Å². The van der Waals surface area contributed by atoms with E-state index < -0.39 is 5.97 Å². The summed E-state index contributed by atoms with van der Waals surface area (Å²) in [5, 5.41) is 7.88. The molecule has 0 saturated heterocycles. The highest BCUT2D eigenvalue weighted by atomic mass is 16.5. The Morgan fingerprint density at radius 3 is 2.74 bits per heavy atom. The first-order valence-corrected chi connectivity index (χ1v) is 7.11. The molecule has 0 aliphatic carbocycles. The van der Waals surface area contributed by atoms with Crippen molar-refractivity contribution in [3.8, 4) is 0 Å². The lowest BCUT2D eigenvalue weighted by Gasteiger charge is -2.06. The molecule has 3 rings (SSSR count). The molecule has 3 aromatic rings. The van der Waals surface area contributed by atoms with Crippen LogP contribution in [0.25, 0.3) is 11.0 Å². The largest absolute Gasteiger partial charge is 0.457 e. The number of ether oxygens (including phenoxy) is 1. The fourth-order valence-corrected chi connectivity index (χ4v) is 2.28. The molecule has 0 unspecified atom stereocenters. The molecule has 0 amide bonds. The van der Waals surface area contributed by atoms with Gasteiger partial charge in [-0.1, -0.05) is 23.4 Å². The van der Waals surface area contributed by atoms with Gasteiger partial charge in [0.2, 0.25) is 0 Å². The first-order valence-electron chi connectivity index (χ1n) is 7.11. The number of hydrogen-bond acceptors (Lipinski definition) is 5. The molecule has 2 aromatic carbocycles. The van der Waals surface area contributed by atoms with Crippen LogP contribution in [0.5, 0.6) is 0 Å². The van der Waals surface area contributed by atoms with E-state index in [1.54, 1.807) is 48.1 Å². The molecule has 0 bridgehead atoms. The molecule has 0 saturated carbocycles. The van der Waals surface area contributed by atoms with E-state index in [0.717, 1.165) is 11.1 Å². The topological polar surface area (TPSA) is 74.1 Å². The van der Waals surface area contributed by atoms with E-state index in [-0.39, 0.29) is 12.4 Å². The number of carbonyl (C=O) groups excluding carboxylic acids is 2. The Balaban J connectivity index is 1.73. The van der Waals surface area contributed by atoms with E-state index in [1.807, 2.05) is 6.07 Å². The van der Waals surface area contributed by atoms with Gasteiger partial charge in [0.1, 0.15) is 12.1 Å². The standard InChI is InChI=1S/C17H15N3O3/c1-11(21)13-5-3-4-12(8-13)10-23-17(22)14-6-7-16-15(9-14)18-19-20(16)2/h3-9H,10H2,1-2H3. The van der Waals surface area contributed by atoms with Gasteiger partial charge in [0.05, 0.1) is 11.1 Å². The summed E-state index contributed by atoms with van der Waals surface area (Å²) in [4.78, 5) is 23.5.